The highest BCUT2D eigenvalue weighted by Crippen LogP contribution is 2.38. The molecule has 0 fully saturated rings. The largest absolute Gasteiger partial charge is 0.454 e. The Kier molecular flexibility index (Phi) is 2.36. The van der Waals surface area contributed by atoms with Gasteiger partial charge in [-0.05, 0) is 37.5 Å². The second-order valence-corrected chi connectivity index (χ2v) is 4.79. The first kappa shape index (κ1) is 10.7. The third kappa shape index (κ3) is 1.73. The van der Waals surface area contributed by atoms with Crippen LogP contribution in [0.3, 0.4) is 0 Å². The lowest BCUT2D eigenvalue weighted by atomic mass is 10.0. The van der Waals surface area contributed by atoms with Crippen molar-refractivity contribution in [1.29, 1.82) is 0 Å². The molecule has 0 unspecified atom stereocenters. The summed E-state index contributed by atoms with van der Waals surface area (Å²) < 4.78 is 16.1. The maximum Gasteiger partial charge on any atom is 0.231 e. The fraction of sp³-hybridized carbons (Fsp3) is 0.357. The van der Waals surface area contributed by atoms with E-state index in [4.69, 9.17) is 14.0 Å². The van der Waals surface area contributed by atoms with Gasteiger partial charge >= 0.3 is 0 Å². The van der Waals surface area contributed by atoms with Gasteiger partial charge < -0.3 is 19.3 Å². The van der Waals surface area contributed by atoms with Crippen LogP contribution < -0.4 is 14.8 Å². The highest BCUT2D eigenvalue weighted by atomic mass is 16.7. The first-order valence-corrected chi connectivity index (χ1v) is 6.54. The van der Waals surface area contributed by atoms with Crippen LogP contribution in [0.1, 0.15) is 18.4 Å². The molecule has 0 spiro atoms. The number of hydrogen-bond donors (Lipinski definition) is 1. The second-order valence-electron chi connectivity index (χ2n) is 4.79. The number of nitrogens with one attached hydrogen (secondary N) is 1. The Balaban J connectivity index is 1.78. The second kappa shape index (κ2) is 4.19. The molecule has 5 heteroatoms. The molecule has 0 bridgehead atoms. The molecule has 19 heavy (non-hydrogen) atoms. The maximum atomic E-state index is 5.41. The fourth-order valence-corrected chi connectivity index (χ4v) is 2.58. The van der Waals surface area contributed by atoms with Crippen molar-refractivity contribution in [3.63, 3.8) is 0 Å². The number of benzene rings is 1. The molecule has 0 saturated carbocycles. The first-order valence-electron chi connectivity index (χ1n) is 6.54. The van der Waals surface area contributed by atoms with Crippen molar-refractivity contribution < 1.29 is 14.0 Å². The summed E-state index contributed by atoms with van der Waals surface area (Å²) in [7, 11) is 0. The van der Waals surface area contributed by atoms with Gasteiger partial charge in [0.15, 0.2) is 11.5 Å². The summed E-state index contributed by atoms with van der Waals surface area (Å²) in [6, 6.07) is 5.88. The highest BCUT2D eigenvalue weighted by Gasteiger charge is 2.21. The average molecular weight is 258 g/mol. The Morgan fingerprint density at radius 3 is 3.05 bits per heavy atom. The van der Waals surface area contributed by atoms with E-state index in [1.54, 1.807) is 0 Å². The van der Waals surface area contributed by atoms with Crippen LogP contribution in [-0.2, 0) is 6.42 Å². The predicted octanol–water partition coefficient (Wildman–Crippen LogP) is 2.82. The van der Waals surface area contributed by atoms with Gasteiger partial charge in [0.1, 0.15) is 5.69 Å². The standard InChI is InChI=1S/C14H14N2O3/c1-2-6-15-14-10(3-1)13(16-19-14)9-4-5-11-12(7-9)18-8-17-11/h4-5,7,15H,1-3,6,8H2. The Morgan fingerprint density at radius 2 is 2.05 bits per heavy atom. The van der Waals surface area contributed by atoms with Crippen molar-refractivity contribution in [1.82, 2.24) is 5.16 Å². The van der Waals surface area contributed by atoms with Crippen LogP contribution >= 0.6 is 0 Å². The first-order chi connectivity index (χ1) is 9.42. The van der Waals surface area contributed by atoms with Gasteiger partial charge in [-0.2, -0.15) is 0 Å². The van der Waals surface area contributed by atoms with Gasteiger partial charge in [-0.3, -0.25) is 0 Å². The summed E-state index contributed by atoms with van der Waals surface area (Å²) in [6.45, 7) is 1.24. The van der Waals surface area contributed by atoms with Crippen LogP contribution in [0.15, 0.2) is 22.7 Å². The monoisotopic (exact) mass is 258 g/mol. The minimum absolute atomic E-state index is 0.289. The van der Waals surface area contributed by atoms with E-state index in [0.29, 0.717) is 0 Å². The summed E-state index contributed by atoms with van der Waals surface area (Å²) in [5, 5.41) is 7.48. The van der Waals surface area contributed by atoms with E-state index in [1.807, 2.05) is 18.2 Å². The number of rotatable bonds is 1. The Hall–Kier alpha value is -2.17. The van der Waals surface area contributed by atoms with Crippen LogP contribution in [0.25, 0.3) is 11.3 Å². The fourth-order valence-electron chi connectivity index (χ4n) is 2.58. The topological polar surface area (TPSA) is 56.5 Å². The van der Waals surface area contributed by atoms with Crippen molar-refractivity contribution in [2.75, 3.05) is 18.7 Å². The number of hydrogen-bond acceptors (Lipinski definition) is 5. The van der Waals surface area contributed by atoms with E-state index >= 15 is 0 Å². The Morgan fingerprint density at radius 1 is 1.11 bits per heavy atom. The molecule has 2 aromatic rings. The van der Waals surface area contributed by atoms with Gasteiger partial charge in [-0.1, -0.05) is 5.16 Å². The lowest BCUT2D eigenvalue weighted by Crippen LogP contribution is -1.97. The summed E-state index contributed by atoms with van der Waals surface area (Å²) in [6.07, 6.45) is 3.30. The van der Waals surface area contributed by atoms with Gasteiger partial charge in [0.25, 0.3) is 0 Å². The van der Waals surface area contributed by atoms with Gasteiger partial charge in [-0.25, -0.2) is 0 Å². The summed E-state index contributed by atoms with van der Waals surface area (Å²) in [5.74, 6) is 2.37. The van der Waals surface area contributed by atoms with Crippen molar-refractivity contribution in [3.8, 4) is 22.8 Å². The minimum atomic E-state index is 0.289. The molecule has 0 atom stereocenters. The molecule has 2 aliphatic heterocycles. The molecule has 98 valence electrons. The molecule has 4 rings (SSSR count). The maximum absolute atomic E-state index is 5.41. The smallest absolute Gasteiger partial charge is 0.231 e. The van der Waals surface area contributed by atoms with Crippen molar-refractivity contribution >= 4 is 5.88 Å². The van der Waals surface area contributed by atoms with E-state index in [-0.39, 0.29) is 6.79 Å². The lowest BCUT2D eigenvalue weighted by molar-refractivity contribution is 0.174. The molecule has 0 saturated heterocycles. The van der Waals surface area contributed by atoms with Crippen molar-refractivity contribution in [2.45, 2.75) is 19.3 Å². The van der Waals surface area contributed by atoms with E-state index in [2.05, 4.69) is 10.5 Å². The lowest BCUT2D eigenvalue weighted by Gasteiger charge is -2.02. The van der Waals surface area contributed by atoms with Crippen LogP contribution in [0.5, 0.6) is 11.5 Å². The summed E-state index contributed by atoms with van der Waals surface area (Å²) in [4.78, 5) is 0. The van der Waals surface area contributed by atoms with E-state index < -0.39 is 0 Å². The highest BCUT2D eigenvalue weighted by molar-refractivity contribution is 5.70. The van der Waals surface area contributed by atoms with Gasteiger partial charge in [0.05, 0.1) is 0 Å². The number of nitrogens with zero attached hydrogens (tertiary/aromatic N) is 1. The zero-order valence-electron chi connectivity index (χ0n) is 10.4. The molecule has 0 radical (unpaired) electrons. The van der Waals surface area contributed by atoms with Crippen LogP contribution in [0.2, 0.25) is 0 Å². The molecule has 1 aromatic carbocycles. The van der Waals surface area contributed by atoms with Gasteiger partial charge in [0.2, 0.25) is 12.7 Å². The van der Waals surface area contributed by atoms with E-state index in [9.17, 15) is 0 Å². The number of ether oxygens (including phenoxy) is 2. The average Bonchev–Trinajstić information content (AvgIpc) is 2.99. The predicted molar refractivity (Wildman–Crippen MR) is 69.5 cm³/mol. The molecular weight excluding hydrogens is 244 g/mol. The molecule has 5 nitrogen and oxygen atoms in total. The van der Waals surface area contributed by atoms with Crippen LogP contribution in [0, 0.1) is 0 Å². The number of anilines is 1. The zero-order chi connectivity index (χ0) is 12.7. The SMILES string of the molecule is c1cc2c(cc1-c1noc3c1CCCCN3)OCO2. The van der Waals surface area contributed by atoms with E-state index in [1.165, 1.54) is 0 Å². The minimum Gasteiger partial charge on any atom is -0.454 e. The summed E-state index contributed by atoms with van der Waals surface area (Å²) in [5.41, 5.74) is 3.08. The number of aromatic nitrogens is 1. The van der Waals surface area contributed by atoms with E-state index in [0.717, 1.165) is 60.0 Å². The Labute approximate surface area is 110 Å². The molecule has 0 amide bonds. The quantitative estimate of drug-likeness (QED) is 0.852. The van der Waals surface area contributed by atoms with Gasteiger partial charge in [0, 0.05) is 17.7 Å². The zero-order valence-corrected chi connectivity index (χ0v) is 10.4. The molecule has 1 N–H and O–H groups in total. The third-order valence-corrected chi connectivity index (χ3v) is 3.57. The van der Waals surface area contributed by atoms with Crippen LogP contribution in [0.4, 0.5) is 5.88 Å². The molecule has 1 aromatic heterocycles. The summed E-state index contributed by atoms with van der Waals surface area (Å²) >= 11 is 0. The van der Waals surface area contributed by atoms with Crippen LogP contribution in [-0.4, -0.2) is 18.5 Å². The molecular formula is C14H14N2O3. The number of fused-ring (bicyclic) bond motifs is 2. The van der Waals surface area contributed by atoms with Gasteiger partial charge in [-0.15, -0.1) is 0 Å². The van der Waals surface area contributed by atoms with Crippen molar-refractivity contribution in [2.24, 2.45) is 0 Å². The molecule has 0 aliphatic carbocycles. The Bertz CT molecular complexity index is 621. The normalized spacial score (nSPS) is 16.6. The third-order valence-electron chi connectivity index (χ3n) is 3.57. The molecule has 2 aliphatic rings. The molecule has 3 heterocycles. The van der Waals surface area contributed by atoms with Crippen molar-refractivity contribution in [3.05, 3.63) is 23.8 Å².